The van der Waals surface area contributed by atoms with E-state index in [1.165, 1.54) is 31.2 Å². The van der Waals surface area contributed by atoms with Crippen molar-refractivity contribution in [3.63, 3.8) is 0 Å². The van der Waals surface area contributed by atoms with E-state index in [4.69, 9.17) is 0 Å². The van der Waals surface area contributed by atoms with Crippen LogP contribution in [-0.4, -0.2) is 6.29 Å². The van der Waals surface area contributed by atoms with Gasteiger partial charge in [-0.2, -0.15) is 0 Å². The molecule has 1 heteroatoms. The molecule has 1 aliphatic carbocycles. The van der Waals surface area contributed by atoms with Gasteiger partial charge in [0.2, 0.25) is 0 Å². The molecular formula is C14H16O. The lowest BCUT2D eigenvalue weighted by Gasteiger charge is -2.00. The molecule has 0 atom stereocenters. The Kier molecular flexibility index (Phi) is 3.33. The van der Waals surface area contributed by atoms with Crippen molar-refractivity contribution in [2.45, 2.75) is 25.7 Å². The topological polar surface area (TPSA) is 17.1 Å². The van der Waals surface area contributed by atoms with Crippen LogP contribution in [0.25, 0.3) is 6.08 Å². The molecule has 0 radical (unpaired) electrons. The van der Waals surface area contributed by atoms with Gasteiger partial charge < -0.3 is 0 Å². The molecule has 0 amide bonds. The lowest BCUT2D eigenvalue weighted by atomic mass is 10.1. The third kappa shape index (κ3) is 2.79. The number of carbonyl (C=O) groups is 1. The summed E-state index contributed by atoms with van der Waals surface area (Å²) < 4.78 is 0. The maximum atomic E-state index is 10.5. The Morgan fingerprint density at radius 3 is 2.20 bits per heavy atom. The highest BCUT2D eigenvalue weighted by molar-refractivity contribution is 5.75. The fraction of sp³-hybridized carbons (Fsp3) is 0.357. The van der Waals surface area contributed by atoms with Gasteiger partial charge in [0.25, 0.3) is 0 Å². The largest absolute Gasteiger partial charge is 0.298 e. The minimum Gasteiger partial charge on any atom is -0.298 e. The predicted octanol–water partition coefficient (Wildman–Crippen LogP) is 3.70. The van der Waals surface area contributed by atoms with Crippen LogP contribution in [0.5, 0.6) is 0 Å². The van der Waals surface area contributed by atoms with Crippen LogP contribution in [0.3, 0.4) is 0 Å². The van der Waals surface area contributed by atoms with Gasteiger partial charge in [-0.1, -0.05) is 49.3 Å². The average Bonchev–Trinajstić information content (AvgIpc) is 2.80. The number of allylic oxidation sites excluding steroid dienone is 1. The van der Waals surface area contributed by atoms with Crippen molar-refractivity contribution in [3.05, 3.63) is 41.5 Å². The van der Waals surface area contributed by atoms with Gasteiger partial charge in [0.15, 0.2) is 0 Å². The van der Waals surface area contributed by atoms with Crippen molar-refractivity contribution in [2.75, 3.05) is 0 Å². The van der Waals surface area contributed by atoms with E-state index in [1.54, 1.807) is 0 Å². The molecule has 15 heavy (non-hydrogen) atoms. The molecule has 1 aliphatic rings. The molecule has 1 fully saturated rings. The predicted molar refractivity (Wildman–Crippen MR) is 62.8 cm³/mol. The summed E-state index contributed by atoms with van der Waals surface area (Å²) in [6.07, 6.45) is 10.8. The first-order valence-electron chi connectivity index (χ1n) is 5.62. The molecule has 0 heterocycles. The molecular weight excluding hydrogens is 184 g/mol. The molecule has 0 aliphatic heterocycles. The van der Waals surface area contributed by atoms with Crippen molar-refractivity contribution < 1.29 is 4.79 Å². The zero-order chi connectivity index (χ0) is 10.5. The summed E-state index contributed by atoms with van der Waals surface area (Å²) in [5.41, 5.74) is 1.93. The Hall–Kier alpha value is -1.37. The maximum Gasteiger partial charge on any atom is 0.150 e. The summed E-state index contributed by atoms with van der Waals surface area (Å²) in [5, 5.41) is 0. The van der Waals surface area contributed by atoms with Crippen LogP contribution in [0, 0.1) is 5.92 Å². The molecule has 0 aromatic heterocycles. The van der Waals surface area contributed by atoms with Gasteiger partial charge in [-0.05, 0) is 24.3 Å². The Balaban J connectivity index is 2.00. The molecule has 0 saturated heterocycles. The lowest BCUT2D eigenvalue weighted by Crippen LogP contribution is -1.85. The Morgan fingerprint density at radius 1 is 1.00 bits per heavy atom. The first kappa shape index (κ1) is 10.2. The van der Waals surface area contributed by atoms with Crippen LogP contribution in [-0.2, 0) is 0 Å². The number of aldehydes is 1. The van der Waals surface area contributed by atoms with E-state index in [0.717, 1.165) is 17.8 Å². The van der Waals surface area contributed by atoms with Crippen molar-refractivity contribution in [1.82, 2.24) is 0 Å². The minimum absolute atomic E-state index is 0.744. The van der Waals surface area contributed by atoms with E-state index >= 15 is 0 Å². The first-order chi connectivity index (χ1) is 7.38. The van der Waals surface area contributed by atoms with E-state index in [9.17, 15) is 4.79 Å². The summed E-state index contributed by atoms with van der Waals surface area (Å²) in [6, 6.07) is 7.72. The van der Waals surface area contributed by atoms with E-state index in [-0.39, 0.29) is 0 Å². The zero-order valence-corrected chi connectivity index (χ0v) is 8.86. The van der Waals surface area contributed by atoms with Crippen molar-refractivity contribution in [2.24, 2.45) is 5.92 Å². The SMILES string of the molecule is O=Cc1ccc(/C=C/C2CCCC2)cc1. The smallest absolute Gasteiger partial charge is 0.150 e. The van der Waals surface area contributed by atoms with Gasteiger partial charge in [-0.25, -0.2) is 0 Å². The Labute approximate surface area is 90.8 Å². The van der Waals surface area contributed by atoms with Crippen LogP contribution < -0.4 is 0 Å². The number of rotatable bonds is 3. The number of hydrogen-bond donors (Lipinski definition) is 0. The summed E-state index contributed by atoms with van der Waals surface area (Å²) >= 11 is 0. The molecule has 2 rings (SSSR count). The molecule has 0 N–H and O–H groups in total. The van der Waals surface area contributed by atoms with Crippen LogP contribution >= 0.6 is 0 Å². The van der Waals surface area contributed by atoms with E-state index in [2.05, 4.69) is 12.2 Å². The van der Waals surface area contributed by atoms with Gasteiger partial charge in [-0.15, -0.1) is 0 Å². The first-order valence-corrected chi connectivity index (χ1v) is 5.62. The van der Waals surface area contributed by atoms with Crippen molar-refractivity contribution >= 4 is 12.4 Å². The van der Waals surface area contributed by atoms with Gasteiger partial charge in [0.1, 0.15) is 6.29 Å². The van der Waals surface area contributed by atoms with Crippen molar-refractivity contribution in [1.29, 1.82) is 0 Å². The zero-order valence-electron chi connectivity index (χ0n) is 8.86. The van der Waals surface area contributed by atoms with Crippen LogP contribution in [0.1, 0.15) is 41.6 Å². The molecule has 1 aromatic carbocycles. The fourth-order valence-electron chi connectivity index (χ4n) is 2.08. The number of benzene rings is 1. The Morgan fingerprint density at radius 2 is 1.60 bits per heavy atom. The molecule has 0 bridgehead atoms. The highest BCUT2D eigenvalue weighted by atomic mass is 16.1. The van der Waals surface area contributed by atoms with Gasteiger partial charge in [0, 0.05) is 5.56 Å². The monoisotopic (exact) mass is 200 g/mol. The van der Waals surface area contributed by atoms with E-state index < -0.39 is 0 Å². The fourth-order valence-corrected chi connectivity index (χ4v) is 2.08. The van der Waals surface area contributed by atoms with Crippen LogP contribution in [0.2, 0.25) is 0 Å². The second-order valence-corrected chi connectivity index (χ2v) is 4.19. The standard InChI is InChI=1S/C14H16O/c15-11-14-9-7-13(8-10-14)6-5-12-3-1-2-4-12/h5-12H,1-4H2/b6-5+. The summed E-state index contributed by atoms with van der Waals surface area (Å²) in [6.45, 7) is 0. The third-order valence-corrected chi connectivity index (χ3v) is 3.03. The normalized spacial score (nSPS) is 17.3. The number of carbonyl (C=O) groups excluding carboxylic acids is 1. The quantitative estimate of drug-likeness (QED) is 0.680. The molecule has 78 valence electrons. The van der Waals surface area contributed by atoms with Crippen LogP contribution in [0.4, 0.5) is 0 Å². The summed E-state index contributed by atoms with van der Waals surface area (Å²) in [7, 11) is 0. The second-order valence-electron chi connectivity index (χ2n) is 4.19. The highest BCUT2D eigenvalue weighted by Crippen LogP contribution is 2.26. The third-order valence-electron chi connectivity index (χ3n) is 3.03. The summed E-state index contributed by atoms with van der Waals surface area (Å²) in [4.78, 5) is 10.5. The maximum absolute atomic E-state index is 10.5. The number of hydrogen-bond acceptors (Lipinski definition) is 1. The second kappa shape index (κ2) is 4.92. The summed E-state index contributed by atoms with van der Waals surface area (Å²) in [5.74, 6) is 0.774. The lowest BCUT2D eigenvalue weighted by molar-refractivity contribution is 0.112. The minimum atomic E-state index is 0.744. The molecule has 1 nitrogen and oxygen atoms in total. The highest BCUT2D eigenvalue weighted by Gasteiger charge is 2.10. The van der Waals surface area contributed by atoms with Gasteiger partial charge in [-0.3, -0.25) is 4.79 Å². The van der Waals surface area contributed by atoms with Gasteiger partial charge >= 0.3 is 0 Å². The average molecular weight is 200 g/mol. The van der Waals surface area contributed by atoms with E-state index in [1.807, 2.05) is 24.3 Å². The van der Waals surface area contributed by atoms with Crippen molar-refractivity contribution in [3.8, 4) is 0 Å². The molecule has 0 unspecified atom stereocenters. The molecule has 0 spiro atoms. The molecule has 1 saturated carbocycles. The van der Waals surface area contributed by atoms with Gasteiger partial charge in [0.05, 0.1) is 0 Å². The van der Waals surface area contributed by atoms with E-state index in [0.29, 0.717) is 0 Å². The molecule has 1 aromatic rings. The van der Waals surface area contributed by atoms with Crippen LogP contribution in [0.15, 0.2) is 30.3 Å². The Bertz CT molecular complexity index is 342.